The lowest BCUT2D eigenvalue weighted by molar-refractivity contribution is -0.135. The Bertz CT molecular complexity index is 367. The van der Waals surface area contributed by atoms with Crippen LogP contribution >= 0.6 is 12.2 Å². The van der Waals surface area contributed by atoms with Crippen molar-refractivity contribution in [3.8, 4) is 0 Å². The molecule has 0 heterocycles. The minimum absolute atomic E-state index is 0.0476. The van der Waals surface area contributed by atoms with Gasteiger partial charge in [0, 0.05) is 6.54 Å². The molecule has 0 saturated carbocycles. The lowest BCUT2D eigenvalue weighted by Gasteiger charge is -2.26. The van der Waals surface area contributed by atoms with Crippen molar-refractivity contribution in [2.45, 2.75) is 31.7 Å². The Morgan fingerprint density at radius 1 is 1.41 bits per heavy atom. The standard InChI is InChI=1S/C8H15F3N2O2S2/c1-3-6(7(12)16)17(14,15)13(4-2)5-8(9,10)11/h6H,3-5H2,1-2H3,(H2,12,16). The van der Waals surface area contributed by atoms with Crippen LogP contribution in [0.2, 0.25) is 0 Å². The predicted octanol–water partition coefficient (Wildman–Crippen LogP) is 1.27. The van der Waals surface area contributed by atoms with E-state index in [-0.39, 0.29) is 18.0 Å². The van der Waals surface area contributed by atoms with Gasteiger partial charge in [-0.1, -0.05) is 26.1 Å². The van der Waals surface area contributed by atoms with E-state index in [0.29, 0.717) is 4.31 Å². The van der Waals surface area contributed by atoms with Gasteiger partial charge in [0.15, 0.2) is 0 Å². The molecule has 0 spiro atoms. The molecule has 0 fully saturated rings. The number of hydrogen-bond donors (Lipinski definition) is 1. The van der Waals surface area contributed by atoms with E-state index in [9.17, 15) is 21.6 Å². The molecule has 0 aliphatic heterocycles. The highest BCUT2D eigenvalue weighted by Gasteiger charge is 2.39. The van der Waals surface area contributed by atoms with Gasteiger partial charge in [-0.05, 0) is 6.42 Å². The second kappa shape index (κ2) is 5.96. The Hall–Kier alpha value is -0.410. The van der Waals surface area contributed by atoms with Crippen molar-refractivity contribution < 1.29 is 21.6 Å². The van der Waals surface area contributed by atoms with Gasteiger partial charge in [-0.3, -0.25) is 0 Å². The SMILES string of the molecule is CCC(C(N)=S)S(=O)(=O)N(CC)CC(F)(F)F. The van der Waals surface area contributed by atoms with Crippen molar-refractivity contribution in [1.82, 2.24) is 4.31 Å². The summed E-state index contributed by atoms with van der Waals surface area (Å²) in [4.78, 5) is -0.312. The van der Waals surface area contributed by atoms with E-state index in [1.54, 1.807) is 0 Å². The zero-order valence-electron chi connectivity index (χ0n) is 9.49. The molecular weight excluding hydrogens is 277 g/mol. The van der Waals surface area contributed by atoms with E-state index < -0.39 is 28.0 Å². The fraction of sp³-hybridized carbons (Fsp3) is 0.875. The number of alkyl halides is 3. The maximum Gasteiger partial charge on any atom is 0.402 e. The Balaban J connectivity index is 5.18. The largest absolute Gasteiger partial charge is 0.402 e. The summed E-state index contributed by atoms with van der Waals surface area (Å²) in [6, 6.07) is 0. The summed E-state index contributed by atoms with van der Waals surface area (Å²) in [5.41, 5.74) is 5.23. The van der Waals surface area contributed by atoms with E-state index in [1.807, 2.05) is 0 Å². The normalized spacial score (nSPS) is 14.9. The second-order valence-corrected chi connectivity index (χ2v) is 5.97. The third-order valence-corrected chi connectivity index (χ3v) is 4.96. The van der Waals surface area contributed by atoms with E-state index in [1.165, 1.54) is 13.8 Å². The monoisotopic (exact) mass is 292 g/mol. The highest BCUT2D eigenvalue weighted by atomic mass is 32.2. The number of nitrogens with zero attached hydrogens (tertiary/aromatic N) is 1. The van der Waals surface area contributed by atoms with Crippen LogP contribution in [0, 0.1) is 0 Å². The van der Waals surface area contributed by atoms with Crippen molar-refractivity contribution in [2.75, 3.05) is 13.1 Å². The molecule has 0 aliphatic carbocycles. The maximum atomic E-state index is 12.2. The van der Waals surface area contributed by atoms with Crippen LogP contribution in [0.4, 0.5) is 13.2 Å². The first-order chi connectivity index (χ1) is 7.56. The number of halogens is 3. The summed E-state index contributed by atoms with van der Waals surface area (Å²) < 4.78 is 60.8. The first kappa shape index (κ1) is 16.6. The highest BCUT2D eigenvalue weighted by molar-refractivity contribution is 7.92. The van der Waals surface area contributed by atoms with Crippen molar-refractivity contribution in [2.24, 2.45) is 5.73 Å². The topological polar surface area (TPSA) is 63.4 Å². The molecular formula is C8H15F3N2O2S2. The lowest BCUT2D eigenvalue weighted by Crippen LogP contribution is -2.47. The van der Waals surface area contributed by atoms with Crippen LogP contribution in [-0.2, 0) is 10.0 Å². The van der Waals surface area contributed by atoms with Crippen molar-refractivity contribution in [3.63, 3.8) is 0 Å². The molecule has 1 unspecified atom stereocenters. The molecule has 17 heavy (non-hydrogen) atoms. The zero-order chi connectivity index (χ0) is 13.9. The van der Waals surface area contributed by atoms with Crippen LogP contribution in [0.5, 0.6) is 0 Å². The van der Waals surface area contributed by atoms with Crippen molar-refractivity contribution in [1.29, 1.82) is 0 Å². The quantitative estimate of drug-likeness (QED) is 0.749. The average molecular weight is 292 g/mol. The van der Waals surface area contributed by atoms with Gasteiger partial charge in [-0.2, -0.15) is 17.5 Å². The Morgan fingerprint density at radius 3 is 2.12 bits per heavy atom. The lowest BCUT2D eigenvalue weighted by atomic mass is 10.3. The molecule has 0 rings (SSSR count). The van der Waals surface area contributed by atoms with Crippen LogP contribution < -0.4 is 5.73 Å². The number of rotatable bonds is 6. The summed E-state index contributed by atoms with van der Waals surface area (Å²) in [5, 5.41) is -1.25. The van der Waals surface area contributed by atoms with Gasteiger partial charge in [0.1, 0.15) is 11.8 Å². The molecule has 1 atom stereocenters. The third-order valence-electron chi connectivity index (χ3n) is 2.12. The summed E-state index contributed by atoms with van der Waals surface area (Å²) in [6.07, 6.45) is -4.54. The molecule has 0 aliphatic rings. The van der Waals surface area contributed by atoms with Crippen LogP contribution in [0.25, 0.3) is 0 Å². The smallest absolute Gasteiger partial charge is 0.392 e. The highest BCUT2D eigenvalue weighted by Crippen LogP contribution is 2.21. The summed E-state index contributed by atoms with van der Waals surface area (Å²) in [6.45, 7) is 1.03. The van der Waals surface area contributed by atoms with Gasteiger partial charge in [0.2, 0.25) is 10.0 Å². The summed E-state index contributed by atoms with van der Waals surface area (Å²) >= 11 is 4.56. The number of sulfonamides is 1. The van der Waals surface area contributed by atoms with Gasteiger partial charge in [0.05, 0.1) is 4.99 Å². The Morgan fingerprint density at radius 2 is 1.88 bits per heavy atom. The fourth-order valence-electron chi connectivity index (χ4n) is 1.32. The summed E-state index contributed by atoms with van der Waals surface area (Å²) in [7, 11) is -4.15. The number of thiocarbonyl (C=S) groups is 1. The molecule has 0 radical (unpaired) electrons. The minimum Gasteiger partial charge on any atom is -0.392 e. The van der Waals surface area contributed by atoms with Gasteiger partial charge >= 0.3 is 6.18 Å². The van der Waals surface area contributed by atoms with E-state index in [0.717, 1.165) is 0 Å². The molecule has 0 aromatic carbocycles. The van der Waals surface area contributed by atoms with Crippen molar-refractivity contribution >= 4 is 27.2 Å². The van der Waals surface area contributed by atoms with Gasteiger partial charge in [-0.25, -0.2) is 8.42 Å². The molecule has 102 valence electrons. The molecule has 0 amide bonds. The van der Waals surface area contributed by atoms with Crippen LogP contribution in [-0.4, -0.2) is 42.2 Å². The maximum absolute atomic E-state index is 12.2. The zero-order valence-corrected chi connectivity index (χ0v) is 11.1. The number of nitrogens with two attached hydrogens (primary N) is 1. The van der Waals surface area contributed by atoms with Gasteiger partial charge < -0.3 is 5.73 Å². The first-order valence-electron chi connectivity index (χ1n) is 4.91. The van der Waals surface area contributed by atoms with Crippen LogP contribution in [0.15, 0.2) is 0 Å². The van der Waals surface area contributed by atoms with Gasteiger partial charge in [0.25, 0.3) is 0 Å². The first-order valence-corrected chi connectivity index (χ1v) is 6.82. The van der Waals surface area contributed by atoms with E-state index in [2.05, 4.69) is 12.2 Å². The molecule has 4 nitrogen and oxygen atoms in total. The summed E-state index contributed by atoms with van der Waals surface area (Å²) in [5.74, 6) is 0. The van der Waals surface area contributed by atoms with E-state index >= 15 is 0 Å². The fourth-order valence-corrected chi connectivity index (χ4v) is 3.61. The second-order valence-electron chi connectivity index (χ2n) is 3.39. The Kier molecular flexibility index (Phi) is 5.82. The number of hydrogen-bond acceptors (Lipinski definition) is 3. The minimum atomic E-state index is -4.59. The molecule has 2 N–H and O–H groups in total. The molecule has 0 bridgehead atoms. The molecule has 0 saturated heterocycles. The third kappa shape index (κ3) is 4.76. The Labute approximate surface area is 104 Å². The predicted molar refractivity (Wildman–Crippen MR) is 63.1 cm³/mol. The van der Waals surface area contributed by atoms with E-state index in [4.69, 9.17) is 5.73 Å². The average Bonchev–Trinajstić information content (AvgIpc) is 2.12. The van der Waals surface area contributed by atoms with Crippen molar-refractivity contribution in [3.05, 3.63) is 0 Å². The molecule has 9 heteroatoms. The van der Waals surface area contributed by atoms with Gasteiger partial charge in [-0.15, -0.1) is 0 Å². The molecule has 0 aromatic heterocycles. The van der Waals surface area contributed by atoms with Crippen LogP contribution in [0.1, 0.15) is 20.3 Å². The van der Waals surface area contributed by atoms with Crippen LogP contribution in [0.3, 0.4) is 0 Å². The molecule has 0 aromatic rings.